The second kappa shape index (κ2) is 5.72. The number of anilines is 1. The molecule has 3 atom stereocenters. The van der Waals surface area contributed by atoms with Gasteiger partial charge in [-0.1, -0.05) is 12.1 Å². The molecule has 2 heterocycles. The molecule has 1 aromatic rings. The second-order valence-corrected chi connectivity index (χ2v) is 6.28. The summed E-state index contributed by atoms with van der Waals surface area (Å²) in [7, 11) is 2.25. The van der Waals surface area contributed by atoms with Gasteiger partial charge in [-0.25, -0.2) is 0 Å². The van der Waals surface area contributed by atoms with Gasteiger partial charge in [-0.3, -0.25) is 9.80 Å². The van der Waals surface area contributed by atoms with E-state index in [2.05, 4.69) is 16.8 Å². The van der Waals surface area contributed by atoms with Crippen LogP contribution in [0.15, 0.2) is 24.3 Å². The maximum absolute atomic E-state index is 10.4. The van der Waals surface area contributed by atoms with Gasteiger partial charge in [-0.05, 0) is 50.6 Å². The fourth-order valence-electron chi connectivity index (χ4n) is 3.61. The zero-order valence-corrected chi connectivity index (χ0v) is 12.2. The number of fused-ring (bicyclic) bond motifs is 2. The van der Waals surface area contributed by atoms with Crippen molar-refractivity contribution in [3.05, 3.63) is 29.8 Å². The van der Waals surface area contributed by atoms with E-state index >= 15 is 0 Å². The SMILES string of the molecule is CN1C2CCC1CN(CC(O)c1ccc(N)cc1)CC2. The lowest BCUT2D eigenvalue weighted by atomic mass is 10.1. The van der Waals surface area contributed by atoms with Crippen molar-refractivity contribution in [2.24, 2.45) is 0 Å². The number of likely N-dealkylation sites (tertiary alicyclic amines) is 1. The molecule has 0 aromatic heterocycles. The summed E-state index contributed by atoms with van der Waals surface area (Å²) in [5.74, 6) is 0. The van der Waals surface area contributed by atoms with Crippen LogP contribution in [0.1, 0.15) is 30.9 Å². The fraction of sp³-hybridized carbons (Fsp3) is 0.625. The van der Waals surface area contributed by atoms with Gasteiger partial charge in [0.05, 0.1) is 6.10 Å². The summed E-state index contributed by atoms with van der Waals surface area (Å²) in [5, 5.41) is 10.4. The summed E-state index contributed by atoms with van der Waals surface area (Å²) in [6.07, 6.45) is 3.45. The van der Waals surface area contributed by atoms with Crippen LogP contribution in [0.5, 0.6) is 0 Å². The molecule has 0 spiro atoms. The van der Waals surface area contributed by atoms with Crippen LogP contribution in [-0.2, 0) is 0 Å². The van der Waals surface area contributed by atoms with Crippen molar-refractivity contribution in [1.82, 2.24) is 9.80 Å². The Morgan fingerprint density at radius 3 is 2.65 bits per heavy atom. The Bertz CT molecular complexity index is 448. The topological polar surface area (TPSA) is 52.7 Å². The van der Waals surface area contributed by atoms with E-state index < -0.39 is 6.10 Å². The molecule has 4 nitrogen and oxygen atoms in total. The molecule has 3 rings (SSSR count). The standard InChI is InChI=1S/C16H25N3O/c1-18-14-6-7-15(18)10-19(9-8-14)11-16(20)12-2-4-13(17)5-3-12/h2-5,14-16,20H,6-11,17H2,1H3. The average molecular weight is 275 g/mol. The Balaban J connectivity index is 1.61. The number of nitrogens with two attached hydrogens (primary N) is 1. The summed E-state index contributed by atoms with van der Waals surface area (Å²) >= 11 is 0. The lowest BCUT2D eigenvalue weighted by Gasteiger charge is -2.27. The monoisotopic (exact) mass is 275 g/mol. The first-order valence-corrected chi connectivity index (χ1v) is 7.61. The zero-order chi connectivity index (χ0) is 14.1. The highest BCUT2D eigenvalue weighted by molar-refractivity contribution is 5.39. The van der Waals surface area contributed by atoms with Gasteiger partial charge in [-0.2, -0.15) is 0 Å². The third-order valence-electron chi connectivity index (χ3n) is 4.98. The number of aliphatic hydroxyl groups excluding tert-OH is 1. The maximum Gasteiger partial charge on any atom is 0.0916 e. The molecule has 0 aliphatic carbocycles. The Morgan fingerprint density at radius 1 is 1.20 bits per heavy atom. The Morgan fingerprint density at radius 2 is 1.90 bits per heavy atom. The first-order chi connectivity index (χ1) is 9.63. The number of β-amino-alcohol motifs (C(OH)–C–C–N with tert-alkyl or cyclic N) is 1. The van der Waals surface area contributed by atoms with Crippen molar-refractivity contribution < 1.29 is 5.11 Å². The van der Waals surface area contributed by atoms with Crippen LogP contribution in [0.3, 0.4) is 0 Å². The van der Waals surface area contributed by atoms with Gasteiger partial charge < -0.3 is 10.8 Å². The molecular weight excluding hydrogens is 250 g/mol. The summed E-state index contributed by atoms with van der Waals surface area (Å²) in [6, 6.07) is 8.99. The largest absolute Gasteiger partial charge is 0.399 e. The van der Waals surface area contributed by atoms with Gasteiger partial charge in [0.15, 0.2) is 0 Å². The van der Waals surface area contributed by atoms with Crippen molar-refractivity contribution in [1.29, 1.82) is 0 Å². The number of nitrogens with zero attached hydrogens (tertiary/aromatic N) is 2. The summed E-state index contributed by atoms with van der Waals surface area (Å²) in [4.78, 5) is 4.96. The minimum atomic E-state index is -0.419. The summed E-state index contributed by atoms with van der Waals surface area (Å²) in [5.41, 5.74) is 7.40. The van der Waals surface area contributed by atoms with Gasteiger partial charge in [0.2, 0.25) is 0 Å². The molecule has 3 unspecified atom stereocenters. The molecule has 2 saturated heterocycles. The third kappa shape index (κ3) is 2.82. The number of hydrogen-bond acceptors (Lipinski definition) is 4. The van der Waals surface area contributed by atoms with Gasteiger partial charge in [0.1, 0.15) is 0 Å². The van der Waals surface area contributed by atoms with Crippen molar-refractivity contribution in [2.45, 2.75) is 37.5 Å². The maximum atomic E-state index is 10.4. The quantitative estimate of drug-likeness (QED) is 0.820. The zero-order valence-electron chi connectivity index (χ0n) is 12.2. The predicted octanol–water partition coefficient (Wildman–Crippen LogP) is 1.47. The van der Waals surface area contributed by atoms with Crippen molar-refractivity contribution in [3.8, 4) is 0 Å². The van der Waals surface area contributed by atoms with Crippen LogP contribution >= 0.6 is 0 Å². The summed E-state index contributed by atoms with van der Waals surface area (Å²) in [6.45, 7) is 2.90. The van der Waals surface area contributed by atoms with Gasteiger partial charge in [-0.15, -0.1) is 0 Å². The highest BCUT2D eigenvalue weighted by Gasteiger charge is 2.34. The molecule has 0 amide bonds. The van der Waals surface area contributed by atoms with Crippen LogP contribution in [0, 0.1) is 0 Å². The lowest BCUT2D eigenvalue weighted by molar-refractivity contribution is 0.107. The van der Waals surface area contributed by atoms with E-state index in [-0.39, 0.29) is 0 Å². The molecule has 2 aliphatic heterocycles. The van der Waals surface area contributed by atoms with E-state index in [1.165, 1.54) is 19.3 Å². The van der Waals surface area contributed by atoms with Gasteiger partial charge in [0, 0.05) is 30.9 Å². The molecular formula is C16H25N3O. The van der Waals surface area contributed by atoms with Crippen LogP contribution in [0.4, 0.5) is 5.69 Å². The number of aliphatic hydroxyl groups is 1. The average Bonchev–Trinajstić information content (AvgIpc) is 2.68. The minimum absolute atomic E-state index is 0.419. The number of likely N-dealkylation sites (N-methyl/N-ethyl adjacent to an activating group) is 1. The van der Waals surface area contributed by atoms with Crippen LogP contribution < -0.4 is 5.73 Å². The molecule has 2 aliphatic rings. The molecule has 110 valence electrons. The van der Waals surface area contributed by atoms with Crippen molar-refractivity contribution in [3.63, 3.8) is 0 Å². The molecule has 1 aromatic carbocycles. The molecule has 0 radical (unpaired) electrons. The first kappa shape index (κ1) is 13.9. The molecule has 2 bridgehead atoms. The van der Waals surface area contributed by atoms with E-state index in [9.17, 15) is 5.11 Å². The number of nitrogen functional groups attached to an aromatic ring is 1. The van der Waals surface area contributed by atoms with E-state index in [4.69, 9.17) is 5.73 Å². The smallest absolute Gasteiger partial charge is 0.0916 e. The molecule has 4 heteroatoms. The lowest BCUT2D eigenvalue weighted by Crippen LogP contribution is -2.38. The Kier molecular flexibility index (Phi) is 3.96. The molecule has 0 saturated carbocycles. The molecule has 20 heavy (non-hydrogen) atoms. The highest BCUT2D eigenvalue weighted by Crippen LogP contribution is 2.29. The third-order valence-corrected chi connectivity index (χ3v) is 4.98. The van der Waals surface area contributed by atoms with Crippen LogP contribution in [0.2, 0.25) is 0 Å². The fourth-order valence-corrected chi connectivity index (χ4v) is 3.61. The predicted molar refractivity (Wildman–Crippen MR) is 81.4 cm³/mol. The molecule has 3 N–H and O–H groups in total. The minimum Gasteiger partial charge on any atom is -0.399 e. The van der Waals surface area contributed by atoms with Crippen molar-refractivity contribution >= 4 is 5.69 Å². The normalized spacial score (nSPS) is 29.3. The van der Waals surface area contributed by atoms with Crippen LogP contribution in [0.25, 0.3) is 0 Å². The summed E-state index contributed by atoms with van der Waals surface area (Å²) < 4.78 is 0. The van der Waals surface area contributed by atoms with Gasteiger partial charge >= 0.3 is 0 Å². The van der Waals surface area contributed by atoms with E-state index in [0.717, 1.165) is 36.9 Å². The van der Waals surface area contributed by atoms with E-state index in [1.807, 2.05) is 24.3 Å². The molecule has 2 fully saturated rings. The van der Waals surface area contributed by atoms with Gasteiger partial charge in [0.25, 0.3) is 0 Å². The number of benzene rings is 1. The number of rotatable bonds is 3. The van der Waals surface area contributed by atoms with E-state index in [0.29, 0.717) is 6.04 Å². The Hall–Kier alpha value is -1.10. The van der Waals surface area contributed by atoms with Crippen LogP contribution in [-0.4, -0.2) is 53.7 Å². The number of hydrogen-bond donors (Lipinski definition) is 2. The van der Waals surface area contributed by atoms with Crippen molar-refractivity contribution in [2.75, 3.05) is 32.4 Å². The Labute approximate surface area is 121 Å². The highest BCUT2D eigenvalue weighted by atomic mass is 16.3. The second-order valence-electron chi connectivity index (χ2n) is 6.28. The van der Waals surface area contributed by atoms with E-state index in [1.54, 1.807) is 0 Å². The first-order valence-electron chi connectivity index (χ1n) is 7.61.